The summed E-state index contributed by atoms with van der Waals surface area (Å²) >= 11 is 0. The SMILES string of the molecule is C#CCN(CC=C)C(=O)C[C@H]1C(=O)NCCN1CCC(C)C. The van der Waals surface area contributed by atoms with Gasteiger partial charge in [0.2, 0.25) is 11.8 Å². The second kappa shape index (κ2) is 9.26. The van der Waals surface area contributed by atoms with E-state index in [-0.39, 0.29) is 24.8 Å². The van der Waals surface area contributed by atoms with Gasteiger partial charge in [-0.05, 0) is 18.9 Å². The van der Waals surface area contributed by atoms with Crippen molar-refractivity contribution in [3.05, 3.63) is 12.7 Å². The van der Waals surface area contributed by atoms with Crippen LogP contribution in [0.4, 0.5) is 0 Å². The zero-order valence-electron chi connectivity index (χ0n) is 13.7. The number of hydrogen-bond donors (Lipinski definition) is 1. The molecule has 0 aliphatic carbocycles. The summed E-state index contributed by atoms with van der Waals surface area (Å²) in [5.41, 5.74) is 0. The maximum atomic E-state index is 12.4. The van der Waals surface area contributed by atoms with E-state index in [2.05, 4.69) is 36.6 Å². The monoisotopic (exact) mass is 305 g/mol. The molecule has 0 spiro atoms. The molecule has 1 rings (SSSR count). The van der Waals surface area contributed by atoms with Crippen molar-refractivity contribution in [2.75, 3.05) is 32.7 Å². The molecule has 1 aliphatic heterocycles. The van der Waals surface area contributed by atoms with Crippen molar-refractivity contribution < 1.29 is 9.59 Å². The maximum absolute atomic E-state index is 12.4. The van der Waals surface area contributed by atoms with Gasteiger partial charge in [-0.15, -0.1) is 13.0 Å². The van der Waals surface area contributed by atoms with Crippen LogP contribution < -0.4 is 5.32 Å². The van der Waals surface area contributed by atoms with Crippen LogP contribution in [0.15, 0.2) is 12.7 Å². The average Bonchev–Trinajstić information content (AvgIpc) is 2.47. The number of nitrogens with one attached hydrogen (secondary N) is 1. The van der Waals surface area contributed by atoms with Crippen LogP contribution in [0.3, 0.4) is 0 Å². The van der Waals surface area contributed by atoms with E-state index < -0.39 is 6.04 Å². The van der Waals surface area contributed by atoms with Gasteiger partial charge in [0.1, 0.15) is 0 Å². The molecule has 5 heteroatoms. The summed E-state index contributed by atoms with van der Waals surface area (Å²) in [6, 6.07) is -0.398. The van der Waals surface area contributed by atoms with Gasteiger partial charge in [0.25, 0.3) is 0 Å². The molecule has 0 unspecified atom stereocenters. The first-order valence-electron chi connectivity index (χ1n) is 7.83. The van der Waals surface area contributed by atoms with Crippen LogP contribution in [-0.2, 0) is 9.59 Å². The highest BCUT2D eigenvalue weighted by Crippen LogP contribution is 2.13. The fourth-order valence-corrected chi connectivity index (χ4v) is 2.49. The van der Waals surface area contributed by atoms with E-state index in [1.165, 1.54) is 0 Å². The third kappa shape index (κ3) is 5.53. The molecule has 0 radical (unpaired) electrons. The second-order valence-electron chi connectivity index (χ2n) is 6.00. The van der Waals surface area contributed by atoms with E-state index in [9.17, 15) is 9.59 Å². The third-order valence-corrected chi connectivity index (χ3v) is 3.79. The van der Waals surface area contributed by atoms with Crippen molar-refractivity contribution in [3.8, 4) is 12.3 Å². The summed E-state index contributed by atoms with van der Waals surface area (Å²) in [5, 5.41) is 2.85. The topological polar surface area (TPSA) is 52.7 Å². The fourth-order valence-electron chi connectivity index (χ4n) is 2.49. The Morgan fingerprint density at radius 1 is 1.64 bits per heavy atom. The van der Waals surface area contributed by atoms with Gasteiger partial charge in [-0.3, -0.25) is 14.5 Å². The van der Waals surface area contributed by atoms with E-state index >= 15 is 0 Å². The molecule has 22 heavy (non-hydrogen) atoms. The smallest absolute Gasteiger partial charge is 0.237 e. The first kappa shape index (κ1) is 18.2. The van der Waals surface area contributed by atoms with Crippen LogP contribution >= 0.6 is 0 Å². The van der Waals surface area contributed by atoms with Crippen molar-refractivity contribution in [2.24, 2.45) is 5.92 Å². The lowest BCUT2D eigenvalue weighted by Crippen LogP contribution is -2.57. The summed E-state index contributed by atoms with van der Waals surface area (Å²) in [6.07, 6.45) is 8.12. The molecule has 1 fully saturated rings. The van der Waals surface area contributed by atoms with E-state index in [1.807, 2.05) is 0 Å². The normalized spacial score (nSPS) is 18.6. The molecule has 1 N–H and O–H groups in total. The Labute approximate surface area is 133 Å². The quantitative estimate of drug-likeness (QED) is 0.535. The Bertz CT molecular complexity index is 440. The van der Waals surface area contributed by atoms with Crippen molar-refractivity contribution >= 4 is 11.8 Å². The van der Waals surface area contributed by atoms with Crippen molar-refractivity contribution in [1.29, 1.82) is 0 Å². The number of piperazine rings is 1. The van der Waals surface area contributed by atoms with Gasteiger partial charge in [0, 0.05) is 19.6 Å². The van der Waals surface area contributed by atoms with Gasteiger partial charge in [0.15, 0.2) is 0 Å². The van der Waals surface area contributed by atoms with Gasteiger partial charge in [-0.2, -0.15) is 0 Å². The lowest BCUT2D eigenvalue weighted by atomic mass is 10.0. The fraction of sp³-hybridized carbons (Fsp3) is 0.647. The number of terminal acetylenes is 1. The molecule has 0 aromatic heterocycles. The van der Waals surface area contributed by atoms with E-state index in [1.54, 1.807) is 11.0 Å². The minimum Gasteiger partial charge on any atom is -0.353 e. The zero-order valence-corrected chi connectivity index (χ0v) is 13.7. The minimum atomic E-state index is -0.398. The van der Waals surface area contributed by atoms with Crippen LogP contribution in [-0.4, -0.2) is 60.4 Å². The number of carbonyl (C=O) groups excluding carboxylic acids is 2. The Morgan fingerprint density at radius 2 is 2.36 bits per heavy atom. The molecule has 0 aromatic carbocycles. The second-order valence-corrected chi connectivity index (χ2v) is 6.00. The summed E-state index contributed by atoms with van der Waals surface area (Å²) in [4.78, 5) is 28.2. The lowest BCUT2D eigenvalue weighted by Gasteiger charge is -2.35. The van der Waals surface area contributed by atoms with Gasteiger partial charge >= 0.3 is 0 Å². The molecule has 0 bridgehead atoms. The highest BCUT2D eigenvalue weighted by Gasteiger charge is 2.32. The molecule has 0 saturated carbocycles. The Hall–Kier alpha value is -1.80. The van der Waals surface area contributed by atoms with E-state index in [4.69, 9.17) is 6.42 Å². The van der Waals surface area contributed by atoms with Gasteiger partial charge in [-0.25, -0.2) is 0 Å². The van der Waals surface area contributed by atoms with Crippen LogP contribution in [0, 0.1) is 18.3 Å². The molecule has 1 heterocycles. The average molecular weight is 305 g/mol. The Balaban J connectivity index is 2.71. The Morgan fingerprint density at radius 3 is 2.95 bits per heavy atom. The van der Waals surface area contributed by atoms with Gasteiger partial charge < -0.3 is 10.2 Å². The molecule has 122 valence electrons. The predicted octanol–water partition coefficient (Wildman–Crippen LogP) is 0.871. The number of hydrogen-bond acceptors (Lipinski definition) is 3. The highest BCUT2D eigenvalue weighted by molar-refractivity contribution is 5.89. The summed E-state index contributed by atoms with van der Waals surface area (Å²) < 4.78 is 0. The number of nitrogens with zero attached hydrogens (tertiary/aromatic N) is 2. The predicted molar refractivity (Wildman–Crippen MR) is 88.1 cm³/mol. The lowest BCUT2D eigenvalue weighted by molar-refractivity contribution is -0.138. The van der Waals surface area contributed by atoms with Crippen molar-refractivity contribution in [1.82, 2.24) is 15.1 Å². The first-order chi connectivity index (χ1) is 10.5. The molecule has 1 saturated heterocycles. The van der Waals surface area contributed by atoms with Gasteiger partial charge in [0.05, 0.1) is 19.0 Å². The molecule has 1 atom stereocenters. The molecule has 1 aliphatic rings. The van der Waals surface area contributed by atoms with Crippen molar-refractivity contribution in [3.63, 3.8) is 0 Å². The third-order valence-electron chi connectivity index (χ3n) is 3.79. The summed E-state index contributed by atoms with van der Waals surface area (Å²) in [5.74, 6) is 2.88. The molecule has 2 amide bonds. The number of amides is 2. The minimum absolute atomic E-state index is 0.0670. The zero-order chi connectivity index (χ0) is 16.5. The summed E-state index contributed by atoms with van der Waals surface area (Å²) in [7, 11) is 0. The standard InChI is InChI=1S/C17H27N3O2/c1-5-9-20(10-6-2)16(21)13-15-17(22)18-8-12-19(15)11-7-14(3)4/h1,6,14-15H,2,7-13H2,3-4H3,(H,18,22)/t15-/m0/s1. The largest absolute Gasteiger partial charge is 0.353 e. The highest BCUT2D eigenvalue weighted by atomic mass is 16.2. The molecule has 0 aromatic rings. The van der Waals surface area contributed by atoms with Crippen LogP contribution in [0.5, 0.6) is 0 Å². The van der Waals surface area contributed by atoms with Crippen molar-refractivity contribution in [2.45, 2.75) is 32.7 Å². The summed E-state index contributed by atoms with van der Waals surface area (Å²) in [6.45, 7) is 10.9. The number of rotatable bonds is 8. The molecular weight excluding hydrogens is 278 g/mol. The van der Waals surface area contributed by atoms with Gasteiger partial charge in [-0.1, -0.05) is 25.8 Å². The maximum Gasteiger partial charge on any atom is 0.237 e. The van der Waals surface area contributed by atoms with E-state index in [0.29, 0.717) is 19.0 Å². The number of carbonyl (C=O) groups is 2. The van der Waals surface area contributed by atoms with Crippen LogP contribution in [0.1, 0.15) is 26.7 Å². The first-order valence-corrected chi connectivity index (χ1v) is 7.83. The van der Waals surface area contributed by atoms with Crippen LogP contribution in [0.25, 0.3) is 0 Å². The Kier molecular flexibility index (Phi) is 7.69. The van der Waals surface area contributed by atoms with Crippen LogP contribution in [0.2, 0.25) is 0 Å². The van der Waals surface area contributed by atoms with E-state index in [0.717, 1.165) is 19.5 Å². The molecule has 5 nitrogen and oxygen atoms in total. The molecular formula is C17H27N3O2.